The lowest BCUT2D eigenvalue weighted by Gasteiger charge is -2.14. The van der Waals surface area contributed by atoms with Gasteiger partial charge in [-0.1, -0.05) is 59.8 Å². The third kappa shape index (κ3) is 4.55. The molecule has 2 heterocycles. The van der Waals surface area contributed by atoms with E-state index in [0.717, 1.165) is 33.1 Å². The van der Waals surface area contributed by atoms with Gasteiger partial charge in [0.15, 0.2) is 10.9 Å². The first-order valence-corrected chi connectivity index (χ1v) is 11.6. The number of rotatable bonds is 7. The Morgan fingerprint density at radius 1 is 1.15 bits per heavy atom. The van der Waals surface area contributed by atoms with Gasteiger partial charge in [0.1, 0.15) is 17.7 Å². The van der Waals surface area contributed by atoms with Gasteiger partial charge < -0.3 is 5.73 Å². The molecule has 4 aromatic rings. The number of nitrogens with zero attached hydrogens (tertiary/aromatic N) is 5. The molecule has 0 aliphatic carbocycles. The predicted molar refractivity (Wildman–Crippen MR) is 132 cm³/mol. The van der Waals surface area contributed by atoms with E-state index < -0.39 is 17.0 Å². The Balaban J connectivity index is 1.62. The summed E-state index contributed by atoms with van der Waals surface area (Å²) in [5.41, 5.74) is 7.11. The fourth-order valence-corrected chi connectivity index (χ4v) is 4.37. The summed E-state index contributed by atoms with van der Waals surface area (Å²) < 4.78 is 3.82. The summed E-state index contributed by atoms with van der Waals surface area (Å²) in [5.74, 6) is -0.794. The highest BCUT2D eigenvalue weighted by Crippen LogP contribution is 2.24. The molecule has 2 aromatic carbocycles. The van der Waals surface area contributed by atoms with Gasteiger partial charge in [0.2, 0.25) is 0 Å². The average Bonchev–Trinajstić information content (AvgIpc) is 3.30. The first-order valence-electron chi connectivity index (χ1n) is 10.2. The summed E-state index contributed by atoms with van der Waals surface area (Å²) in [5, 5.41) is 9.03. The molecule has 0 radical (unpaired) electrons. The van der Waals surface area contributed by atoms with Gasteiger partial charge in [-0.25, -0.2) is 4.79 Å². The van der Waals surface area contributed by atoms with Crippen molar-refractivity contribution in [3.63, 3.8) is 0 Å². The van der Waals surface area contributed by atoms with Crippen molar-refractivity contribution in [1.82, 2.24) is 23.9 Å². The number of aryl methyl sites for hydroxylation is 1. The zero-order chi connectivity index (χ0) is 24.4. The van der Waals surface area contributed by atoms with E-state index in [0.29, 0.717) is 10.2 Å². The molecule has 2 N–H and O–H groups in total. The second-order valence-corrected chi connectivity index (χ2v) is 8.96. The van der Waals surface area contributed by atoms with Gasteiger partial charge in [-0.2, -0.15) is 0 Å². The highest BCUT2D eigenvalue weighted by atomic mass is 35.5. The third-order valence-electron chi connectivity index (χ3n) is 5.33. The van der Waals surface area contributed by atoms with Gasteiger partial charge in [0.25, 0.3) is 5.56 Å². The van der Waals surface area contributed by atoms with Crippen molar-refractivity contribution in [3.05, 3.63) is 97.4 Å². The van der Waals surface area contributed by atoms with E-state index in [9.17, 15) is 14.4 Å². The van der Waals surface area contributed by atoms with Crippen molar-refractivity contribution in [2.45, 2.75) is 18.6 Å². The molecule has 0 atom stereocenters. The third-order valence-corrected chi connectivity index (χ3v) is 6.68. The number of nitrogen functional groups attached to an aromatic ring is 1. The second-order valence-electron chi connectivity index (χ2n) is 7.61. The topological polar surface area (TPSA) is 118 Å². The van der Waals surface area contributed by atoms with Gasteiger partial charge in [-0.3, -0.25) is 23.3 Å². The van der Waals surface area contributed by atoms with Crippen LogP contribution < -0.4 is 17.0 Å². The normalized spacial score (nSPS) is 11.0. The molecule has 0 unspecified atom stereocenters. The molecule has 34 heavy (non-hydrogen) atoms. The summed E-state index contributed by atoms with van der Waals surface area (Å²) in [6.07, 6.45) is 1.52. The number of hydrogen-bond acceptors (Lipinski definition) is 7. The molecule has 0 amide bonds. The van der Waals surface area contributed by atoms with E-state index in [1.807, 2.05) is 49.4 Å². The number of anilines is 1. The molecule has 0 aliphatic heterocycles. The molecule has 9 nitrogen and oxygen atoms in total. The molecule has 4 rings (SSSR count). The van der Waals surface area contributed by atoms with Crippen LogP contribution in [0, 0.1) is 6.92 Å². The number of ketones is 1. The van der Waals surface area contributed by atoms with Crippen LogP contribution in [0.4, 0.5) is 5.82 Å². The Morgan fingerprint density at radius 3 is 2.59 bits per heavy atom. The van der Waals surface area contributed by atoms with Crippen LogP contribution in [0.15, 0.2) is 69.6 Å². The second kappa shape index (κ2) is 9.70. The monoisotopic (exact) mass is 496 g/mol. The molecule has 0 spiro atoms. The molecular weight excluding hydrogens is 476 g/mol. The number of benzene rings is 2. The van der Waals surface area contributed by atoms with Crippen molar-refractivity contribution >= 4 is 35.0 Å². The maximum absolute atomic E-state index is 13.1. The lowest BCUT2D eigenvalue weighted by molar-refractivity contribution is 0.102. The zero-order valence-electron chi connectivity index (χ0n) is 18.4. The predicted octanol–water partition coefficient (Wildman–Crippen LogP) is 2.70. The molecule has 0 fully saturated rings. The molecule has 0 aliphatic rings. The Morgan fingerprint density at radius 2 is 1.88 bits per heavy atom. The largest absolute Gasteiger partial charge is 0.384 e. The number of aromatic nitrogens is 5. The number of hydrogen-bond donors (Lipinski definition) is 1. The number of carbonyl (C=O) groups is 1. The summed E-state index contributed by atoms with van der Waals surface area (Å²) in [7, 11) is 1.33. The highest BCUT2D eigenvalue weighted by Gasteiger charge is 2.22. The van der Waals surface area contributed by atoms with Crippen molar-refractivity contribution in [2.24, 2.45) is 7.05 Å². The van der Waals surface area contributed by atoms with Crippen LogP contribution in [-0.4, -0.2) is 35.4 Å². The smallest absolute Gasteiger partial charge is 0.332 e. The van der Waals surface area contributed by atoms with Gasteiger partial charge in [-0.15, -0.1) is 10.2 Å². The van der Waals surface area contributed by atoms with Gasteiger partial charge in [-0.05, 0) is 30.2 Å². The Bertz CT molecular complexity index is 1490. The number of carbonyl (C=O) groups excluding carboxylic acids is 1. The molecule has 0 saturated heterocycles. The number of Topliss-reactive ketones (excluding diaryl/α,β-unsaturated/α-hetero) is 1. The highest BCUT2D eigenvalue weighted by molar-refractivity contribution is 7.99. The first kappa shape index (κ1) is 23.5. The number of halogens is 1. The van der Waals surface area contributed by atoms with E-state index in [2.05, 4.69) is 10.2 Å². The number of nitrogens with two attached hydrogens (primary N) is 1. The molecule has 0 bridgehead atoms. The van der Waals surface area contributed by atoms with Crippen molar-refractivity contribution in [2.75, 3.05) is 11.5 Å². The SMILES string of the molecule is Cc1ccc(-n2cnnc2SCC(=O)c2c(N)n(Cc3ccccc3)c(=O)n(C)c2=O)cc1Cl. The summed E-state index contributed by atoms with van der Waals surface area (Å²) >= 11 is 7.34. The van der Waals surface area contributed by atoms with Crippen LogP contribution in [0.2, 0.25) is 5.02 Å². The van der Waals surface area contributed by atoms with Gasteiger partial charge >= 0.3 is 5.69 Å². The van der Waals surface area contributed by atoms with E-state index in [1.165, 1.54) is 17.9 Å². The summed E-state index contributed by atoms with van der Waals surface area (Å²) in [6, 6.07) is 14.7. The molecular formula is C23H21ClN6O3S. The number of thioether (sulfide) groups is 1. The van der Waals surface area contributed by atoms with E-state index in [4.69, 9.17) is 17.3 Å². The van der Waals surface area contributed by atoms with Crippen molar-refractivity contribution in [3.8, 4) is 5.69 Å². The standard InChI is InChI=1S/C23H21ClN6O3S/c1-14-8-9-16(10-17(14)24)30-13-26-27-22(30)34-12-18(31)19-20(25)29(23(33)28(2)21(19)32)11-15-6-4-3-5-7-15/h3-10,13H,11-12,25H2,1-2H3. The van der Waals surface area contributed by atoms with Crippen molar-refractivity contribution < 1.29 is 4.79 Å². The maximum Gasteiger partial charge on any atom is 0.332 e. The van der Waals surface area contributed by atoms with Crippen LogP contribution in [0.1, 0.15) is 21.5 Å². The van der Waals surface area contributed by atoms with E-state index >= 15 is 0 Å². The lowest BCUT2D eigenvalue weighted by atomic mass is 10.2. The zero-order valence-corrected chi connectivity index (χ0v) is 20.0. The lowest BCUT2D eigenvalue weighted by Crippen LogP contribution is -2.43. The quantitative estimate of drug-likeness (QED) is 0.308. The maximum atomic E-state index is 13.1. The van der Waals surface area contributed by atoms with Crippen LogP contribution >= 0.6 is 23.4 Å². The van der Waals surface area contributed by atoms with Crippen LogP contribution in [0.3, 0.4) is 0 Å². The van der Waals surface area contributed by atoms with Crippen LogP contribution in [0.25, 0.3) is 5.69 Å². The Kier molecular flexibility index (Phi) is 6.71. The van der Waals surface area contributed by atoms with Gasteiger partial charge in [0, 0.05) is 12.1 Å². The molecule has 11 heteroatoms. The fraction of sp³-hybridized carbons (Fsp3) is 0.174. The minimum absolute atomic E-state index is 0.124. The van der Waals surface area contributed by atoms with E-state index in [1.54, 1.807) is 10.6 Å². The first-order chi connectivity index (χ1) is 16.3. The average molecular weight is 497 g/mol. The molecule has 174 valence electrons. The minimum Gasteiger partial charge on any atom is -0.384 e. The molecule has 2 aromatic heterocycles. The van der Waals surface area contributed by atoms with Gasteiger partial charge in [0.05, 0.1) is 18.0 Å². The molecule has 0 saturated carbocycles. The van der Waals surface area contributed by atoms with Crippen molar-refractivity contribution in [1.29, 1.82) is 0 Å². The van der Waals surface area contributed by atoms with Crippen LogP contribution in [0.5, 0.6) is 0 Å². The van der Waals surface area contributed by atoms with Crippen LogP contribution in [-0.2, 0) is 13.6 Å². The van der Waals surface area contributed by atoms with E-state index in [-0.39, 0.29) is 23.7 Å². The minimum atomic E-state index is -0.732. The Labute approximate surface area is 203 Å². The Hall–Kier alpha value is -3.63. The summed E-state index contributed by atoms with van der Waals surface area (Å²) in [6.45, 7) is 2.03. The fourth-order valence-electron chi connectivity index (χ4n) is 3.40. The summed E-state index contributed by atoms with van der Waals surface area (Å²) in [4.78, 5) is 38.5.